The monoisotopic (exact) mass is 376 g/mol. The zero-order valence-electron chi connectivity index (χ0n) is 15.6. The van der Waals surface area contributed by atoms with Gasteiger partial charge in [0.2, 0.25) is 5.91 Å². The van der Waals surface area contributed by atoms with Crippen molar-refractivity contribution in [1.82, 2.24) is 4.90 Å². The van der Waals surface area contributed by atoms with E-state index in [2.05, 4.69) is 10.2 Å². The minimum atomic E-state index is -2.95. The Balaban J connectivity index is 1.21. The van der Waals surface area contributed by atoms with Gasteiger partial charge in [-0.15, -0.1) is 0 Å². The van der Waals surface area contributed by atoms with E-state index in [4.69, 9.17) is 0 Å². The first-order valence-corrected chi connectivity index (χ1v) is 9.84. The summed E-state index contributed by atoms with van der Waals surface area (Å²) >= 11 is 0. The van der Waals surface area contributed by atoms with Crippen molar-refractivity contribution in [3.8, 4) is 0 Å². The number of likely N-dealkylation sites (tertiary alicyclic amines) is 1. The molecule has 0 bridgehead atoms. The summed E-state index contributed by atoms with van der Waals surface area (Å²) < 4.78 is 26.7. The lowest BCUT2D eigenvalue weighted by Gasteiger charge is -2.18. The standard InChI is InChI=1S/C21H26F2N2O2/c1-21(22,23)14-3-2-4-15(9-14)24-19(27)8-7-18(26)20-16-11-25(12-17(16)20)10-13-5-6-13/h2-4,9,13,16-17,20H,5-8,10-12H2,1H3,(H,24,27)/t16-,17+,20?. The molecule has 1 saturated heterocycles. The van der Waals surface area contributed by atoms with Gasteiger partial charge < -0.3 is 10.2 Å². The van der Waals surface area contributed by atoms with Crippen LogP contribution in [-0.2, 0) is 15.5 Å². The Kier molecular flexibility index (Phi) is 4.78. The van der Waals surface area contributed by atoms with Gasteiger partial charge in [-0.3, -0.25) is 9.59 Å². The van der Waals surface area contributed by atoms with Crippen molar-refractivity contribution in [3.63, 3.8) is 0 Å². The third-order valence-electron chi connectivity index (χ3n) is 6.11. The second-order valence-electron chi connectivity index (χ2n) is 8.50. The molecule has 0 aromatic heterocycles. The van der Waals surface area contributed by atoms with Gasteiger partial charge in [-0.1, -0.05) is 12.1 Å². The number of rotatable bonds is 8. The molecule has 1 aliphatic heterocycles. The van der Waals surface area contributed by atoms with E-state index in [-0.39, 0.29) is 36.0 Å². The Bertz CT molecular complexity index is 730. The predicted octanol–water partition coefficient (Wildman–Crippen LogP) is 3.67. The van der Waals surface area contributed by atoms with E-state index < -0.39 is 5.92 Å². The number of benzene rings is 1. The maximum absolute atomic E-state index is 13.4. The second kappa shape index (κ2) is 6.97. The second-order valence-corrected chi connectivity index (χ2v) is 8.50. The Morgan fingerprint density at radius 2 is 1.89 bits per heavy atom. The number of ketones is 1. The van der Waals surface area contributed by atoms with Crippen molar-refractivity contribution >= 4 is 17.4 Å². The molecule has 4 rings (SSSR count). The Hall–Kier alpha value is -1.82. The van der Waals surface area contributed by atoms with E-state index in [9.17, 15) is 18.4 Å². The molecule has 3 fully saturated rings. The first-order valence-electron chi connectivity index (χ1n) is 9.84. The average Bonchev–Trinajstić information content (AvgIpc) is 3.50. The van der Waals surface area contributed by atoms with Crippen molar-refractivity contribution < 1.29 is 18.4 Å². The highest BCUT2D eigenvalue weighted by Crippen LogP contribution is 2.53. The molecule has 1 unspecified atom stereocenters. The number of hydrogen-bond donors (Lipinski definition) is 1. The van der Waals surface area contributed by atoms with Crippen LogP contribution in [0.1, 0.15) is 38.2 Å². The minimum absolute atomic E-state index is 0.104. The van der Waals surface area contributed by atoms with Crippen LogP contribution in [0.2, 0.25) is 0 Å². The van der Waals surface area contributed by atoms with Crippen molar-refractivity contribution in [1.29, 1.82) is 0 Å². The van der Waals surface area contributed by atoms with Crippen LogP contribution in [0.4, 0.5) is 14.5 Å². The molecule has 2 aliphatic carbocycles. The molecule has 4 nitrogen and oxygen atoms in total. The van der Waals surface area contributed by atoms with Crippen LogP contribution < -0.4 is 5.32 Å². The van der Waals surface area contributed by atoms with Gasteiger partial charge in [-0.05, 0) is 42.7 Å². The van der Waals surface area contributed by atoms with Crippen LogP contribution in [0, 0.1) is 23.7 Å². The smallest absolute Gasteiger partial charge is 0.270 e. The summed E-state index contributed by atoms with van der Waals surface area (Å²) in [7, 11) is 0. The van der Waals surface area contributed by atoms with Crippen molar-refractivity contribution in [2.75, 3.05) is 25.0 Å². The largest absolute Gasteiger partial charge is 0.326 e. The molecule has 1 aromatic rings. The van der Waals surface area contributed by atoms with Gasteiger partial charge in [0.15, 0.2) is 0 Å². The highest BCUT2D eigenvalue weighted by Gasteiger charge is 2.58. The number of anilines is 1. The number of nitrogens with zero attached hydrogens (tertiary/aromatic N) is 1. The summed E-state index contributed by atoms with van der Waals surface area (Å²) in [4.78, 5) is 27.0. The molecule has 146 valence electrons. The fraction of sp³-hybridized carbons (Fsp3) is 0.619. The lowest BCUT2D eigenvalue weighted by molar-refractivity contribution is -0.124. The van der Waals surface area contributed by atoms with E-state index in [1.165, 1.54) is 37.6 Å². The SMILES string of the molecule is CC(F)(F)c1cccc(NC(=O)CCC(=O)C2[C@H]3CN(CC4CC4)C[C@@H]23)c1. The summed E-state index contributed by atoms with van der Waals surface area (Å²) in [6, 6.07) is 5.68. The van der Waals surface area contributed by atoms with Crippen LogP contribution >= 0.6 is 0 Å². The van der Waals surface area contributed by atoms with Crippen molar-refractivity contribution in [2.24, 2.45) is 23.7 Å². The lowest BCUT2D eigenvalue weighted by Crippen LogP contribution is -2.28. The van der Waals surface area contributed by atoms with Crippen molar-refractivity contribution in [2.45, 2.75) is 38.5 Å². The number of carbonyl (C=O) groups excluding carboxylic acids is 2. The third kappa shape index (κ3) is 4.37. The maximum Gasteiger partial charge on any atom is 0.270 e. The molecular formula is C21H26F2N2O2. The molecule has 1 N–H and O–H groups in total. The molecule has 0 radical (unpaired) electrons. The van der Waals surface area contributed by atoms with Gasteiger partial charge in [-0.25, -0.2) is 8.78 Å². The summed E-state index contributed by atoms with van der Waals surface area (Å²) in [6.07, 6.45) is 3.03. The number of hydrogen-bond acceptors (Lipinski definition) is 3. The van der Waals surface area contributed by atoms with Crippen LogP contribution in [0.3, 0.4) is 0 Å². The molecule has 3 aliphatic rings. The zero-order valence-corrected chi connectivity index (χ0v) is 15.6. The van der Waals surface area contributed by atoms with Crippen LogP contribution in [0.25, 0.3) is 0 Å². The first kappa shape index (κ1) is 18.5. The number of alkyl halides is 2. The van der Waals surface area contributed by atoms with Gasteiger partial charge in [0.05, 0.1) is 0 Å². The molecule has 3 atom stereocenters. The number of Topliss-reactive ketones (excluding diaryl/α,β-unsaturated/α-hetero) is 1. The lowest BCUT2D eigenvalue weighted by atomic mass is 10.1. The number of amides is 1. The number of carbonyl (C=O) groups is 2. The average molecular weight is 376 g/mol. The topological polar surface area (TPSA) is 49.4 Å². The molecule has 1 amide bonds. The molecule has 0 spiro atoms. The van der Waals surface area contributed by atoms with Gasteiger partial charge >= 0.3 is 0 Å². The molecule has 2 saturated carbocycles. The van der Waals surface area contributed by atoms with E-state index in [1.807, 2.05) is 0 Å². The van der Waals surface area contributed by atoms with E-state index >= 15 is 0 Å². The number of halogens is 2. The van der Waals surface area contributed by atoms with Gasteiger partial charge in [0.25, 0.3) is 5.92 Å². The number of nitrogens with one attached hydrogen (secondary N) is 1. The molecule has 1 aromatic carbocycles. The summed E-state index contributed by atoms with van der Waals surface area (Å²) in [6.45, 7) is 4.07. The Labute approximate surface area is 158 Å². The summed E-state index contributed by atoms with van der Waals surface area (Å²) in [5.74, 6) is -1.08. The highest BCUT2D eigenvalue weighted by molar-refractivity contribution is 5.94. The van der Waals surface area contributed by atoms with E-state index in [1.54, 1.807) is 6.07 Å². The molecule has 27 heavy (non-hydrogen) atoms. The van der Waals surface area contributed by atoms with Crippen LogP contribution in [-0.4, -0.2) is 36.2 Å². The van der Waals surface area contributed by atoms with E-state index in [0.717, 1.165) is 25.9 Å². The number of piperidine rings is 1. The first-order chi connectivity index (χ1) is 12.8. The number of fused-ring (bicyclic) bond motifs is 1. The van der Waals surface area contributed by atoms with Gasteiger partial charge in [-0.2, -0.15) is 0 Å². The highest BCUT2D eigenvalue weighted by atomic mass is 19.3. The fourth-order valence-corrected chi connectivity index (χ4v) is 4.40. The maximum atomic E-state index is 13.4. The Morgan fingerprint density at radius 3 is 2.52 bits per heavy atom. The summed E-state index contributed by atoms with van der Waals surface area (Å²) in [5, 5.41) is 2.62. The summed E-state index contributed by atoms with van der Waals surface area (Å²) in [5.41, 5.74) is 0.198. The third-order valence-corrected chi connectivity index (χ3v) is 6.11. The molecular weight excluding hydrogens is 350 g/mol. The molecule has 6 heteroatoms. The molecule has 1 heterocycles. The predicted molar refractivity (Wildman–Crippen MR) is 98.5 cm³/mol. The Morgan fingerprint density at radius 1 is 1.19 bits per heavy atom. The van der Waals surface area contributed by atoms with Crippen molar-refractivity contribution in [3.05, 3.63) is 29.8 Å². The fourth-order valence-electron chi connectivity index (χ4n) is 4.40. The van der Waals surface area contributed by atoms with Crippen LogP contribution in [0.15, 0.2) is 24.3 Å². The quantitative estimate of drug-likeness (QED) is 0.753. The van der Waals surface area contributed by atoms with Crippen LogP contribution in [0.5, 0.6) is 0 Å². The van der Waals surface area contributed by atoms with Gasteiger partial charge in [0.1, 0.15) is 5.78 Å². The van der Waals surface area contributed by atoms with Gasteiger partial charge in [0, 0.05) is 56.6 Å². The zero-order chi connectivity index (χ0) is 19.2. The van der Waals surface area contributed by atoms with E-state index in [0.29, 0.717) is 17.5 Å². The normalized spacial score (nSPS) is 27.3. The minimum Gasteiger partial charge on any atom is -0.326 e.